The van der Waals surface area contributed by atoms with Crippen LogP contribution in [-0.4, -0.2) is 25.7 Å². The SMILES string of the molecule is COc1ccc(Br)cc1NCCCSC. The molecule has 4 heteroatoms. The van der Waals surface area contributed by atoms with Crippen LogP contribution in [0.5, 0.6) is 5.75 Å². The Hall–Kier alpha value is -0.350. The quantitative estimate of drug-likeness (QED) is 0.808. The van der Waals surface area contributed by atoms with E-state index < -0.39 is 0 Å². The number of benzene rings is 1. The van der Waals surface area contributed by atoms with Crippen LogP contribution < -0.4 is 10.1 Å². The number of rotatable bonds is 6. The molecule has 0 heterocycles. The Morgan fingerprint density at radius 1 is 1.47 bits per heavy atom. The van der Waals surface area contributed by atoms with Crippen molar-refractivity contribution in [2.24, 2.45) is 0 Å². The van der Waals surface area contributed by atoms with Crippen molar-refractivity contribution in [3.8, 4) is 5.75 Å². The third-order valence-corrected chi connectivity index (χ3v) is 3.19. The summed E-state index contributed by atoms with van der Waals surface area (Å²) in [6.07, 6.45) is 3.29. The number of ether oxygens (including phenoxy) is 1. The van der Waals surface area contributed by atoms with Crippen molar-refractivity contribution in [2.75, 3.05) is 31.0 Å². The van der Waals surface area contributed by atoms with Gasteiger partial charge in [0.15, 0.2) is 0 Å². The van der Waals surface area contributed by atoms with Crippen LogP contribution >= 0.6 is 27.7 Å². The first kappa shape index (κ1) is 12.7. The molecule has 0 bridgehead atoms. The molecular formula is C11H16BrNOS. The van der Waals surface area contributed by atoms with Gasteiger partial charge in [0.05, 0.1) is 12.8 Å². The molecule has 15 heavy (non-hydrogen) atoms. The highest BCUT2D eigenvalue weighted by atomic mass is 79.9. The zero-order valence-corrected chi connectivity index (χ0v) is 11.5. The number of methoxy groups -OCH3 is 1. The lowest BCUT2D eigenvalue weighted by Gasteiger charge is -2.11. The summed E-state index contributed by atoms with van der Waals surface area (Å²) in [7, 11) is 1.69. The summed E-state index contributed by atoms with van der Waals surface area (Å²) in [6.45, 7) is 0.980. The summed E-state index contributed by atoms with van der Waals surface area (Å²) in [5.74, 6) is 2.07. The van der Waals surface area contributed by atoms with Crippen LogP contribution in [0.25, 0.3) is 0 Å². The van der Waals surface area contributed by atoms with E-state index in [4.69, 9.17) is 4.74 Å². The fourth-order valence-corrected chi connectivity index (χ4v) is 2.05. The number of hydrogen-bond donors (Lipinski definition) is 1. The molecule has 0 atom stereocenters. The Bertz CT molecular complexity index is 307. The predicted octanol–water partition coefficient (Wildman–Crippen LogP) is 3.62. The highest BCUT2D eigenvalue weighted by Gasteiger charge is 2.02. The molecule has 0 aliphatic heterocycles. The van der Waals surface area contributed by atoms with Crippen molar-refractivity contribution in [2.45, 2.75) is 6.42 Å². The molecular weight excluding hydrogens is 274 g/mol. The molecule has 0 saturated carbocycles. The van der Waals surface area contributed by atoms with E-state index in [1.54, 1.807) is 7.11 Å². The van der Waals surface area contributed by atoms with Crippen LogP contribution in [0.3, 0.4) is 0 Å². The minimum absolute atomic E-state index is 0.891. The lowest BCUT2D eigenvalue weighted by Crippen LogP contribution is -2.04. The second-order valence-corrected chi connectivity index (χ2v) is 5.02. The van der Waals surface area contributed by atoms with E-state index in [9.17, 15) is 0 Å². The second kappa shape index (κ2) is 7.01. The molecule has 0 aliphatic carbocycles. The highest BCUT2D eigenvalue weighted by Crippen LogP contribution is 2.27. The molecule has 84 valence electrons. The van der Waals surface area contributed by atoms with Crippen LogP contribution in [0.1, 0.15) is 6.42 Å². The summed E-state index contributed by atoms with van der Waals surface area (Å²) in [4.78, 5) is 0. The monoisotopic (exact) mass is 289 g/mol. The van der Waals surface area contributed by atoms with Gasteiger partial charge in [0.1, 0.15) is 5.75 Å². The third kappa shape index (κ3) is 4.34. The van der Waals surface area contributed by atoms with Crippen molar-refractivity contribution < 1.29 is 4.74 Å². The summed E-state index contributed by atoms with van der Waals surface area (Å²) in [6, 6.07) is 5.98. The minimum Gasteiger partial charge on any atom is -0.495 e. The smallest absolute Gasteiger partial charge is 0.142 e. The molecule has 2 nitrogen and oxygen atoms in total. The third-order valence-electron chi connectivity index (χ3n) is 2.00. The molecule has 1 aromatic carbocycles. The summed E-state index contributed by atoms with van der Waals surface area (Å²) in [5, 5.41) is 3.37. The van der Waals surface area contributed by atoms with Gasteiger partial charge in [-0.05, 0) is 36.6 Å². The number of halogens is 1. The number of hydrogen-bond acceptors (Lipinski definition) is 3. The van der Waals surface area contributed by atoms with Gasteiger partial charge in [-0.2, -0.15) is 11.8 Å². The molecule has 0 radical (unpaired) electrons. The maximum atomic E-state index is 5.27. The van der Waals surface area contributed by atoms with Crippen LogP contribution in [0.4, 0.5) is 5.69 Å². The van der Waals surface area contributed by atoms with Gasteiger partial charge >= 0.3 is 0 Å². The van der Waals surface area contributed by atoms with E-state index in [0.717, 1.165) is 28.9 Å². The van der Waals surface area contributed by atoms with Gasteiger partial charge in [-0.3, -0.25) is 0 Å². The van der Waals surface area contributed by atoms with Crippen LogP contribution in [-0.2, 0) is 0 Å². The van der Waals surface area contributed by atoms with E-state index in [1.165, 1.54) is 5.75 Å². The zero-order valence-electron chi connectivity index (χ0n) is 9.05. The molecule has 1 rings (SSSR count). The molecule has 0 amide bonds. The van der Waals surface area contributed by atoms with E-state index in [-0.39, 0.29) is 0 Å². The van der Waals surface area contributed by atoms with Gasteiger partial charge in [0.2, 0.25) is 0 Å². The normalized spacial score (nSPS) is 10.1. The predicted molar refractivity (Wildman–Crippen MR) is 72.2 cm³/mol. The van der Waals surface area contributed by atoms with Crippen molar-refractivity contribution in [1.82, 2.24) is 0 Å². The van der Waals surface area contributed by atoms with Gasteiger partial charge in [0, 0.05) is 11.0 Å². The van der Waals surface area contributed by atoms with Crippen molar-refractivity contribution in [1.29, 1.82) is 0 Å². The van der Waals surface area contributed by atoms with Crippen LogP contribution in [0.2, 0.25) is 0 Å². The van der Waals surface area contributed by atoms with Gasteiger partial charge in [-0.1, -0.05) is 15.9 Å². The van der Waals surface area contributed by atoms with E-state index >= 15 is 0 Å². The summed E-state index contributed by atoms with van der Waals surface area (Å²) in [5.41, 5.74) is 1.05. The largest absolute Gasteiger partial charge is 0.495 e. The topological polar surface area (TPSA) is 21.3 Å². The molecule has 0 fully saturated rings. The van der Waals surface area contributed by atoms with E-state index in [2.05, 4.69) is 27.5 Å². The number of nitrogens with one attached hydrogen (secondary N) is 1. The second-order valence-electron chi connectivity index (χ2n) is 3.12. The molecule has 0 aliphatic rings. The Kier molecular flexibility index (Phi) is 5.95. The fourth-order valence-electron chi connectivity index (χ4n) is 1.26. The average Bonchev–Trinajstić information content (AvgIpc) is 2.25. The summed E-state index contributed by atoms with van der Waals surface area (Å²) >= 11 is 5.32. The maximum absolute atomic E-state index is 5.27. The molecule has 0 saturated heterocycles. The van der Waals surface area contributed by atoms with Gasteiger partial charge in [-0.15, -0.1) is 0 Å². The summed E-state index contributed by atoms with van der Waals surface area (Å²) < 4.78 is 6.33. The molecule has 0 aromatic heterocycles. The Morgan fingerprint density at radius 3 is 2.93 bits per heavy atom. The first-order chi connectivity index (χ1) is 7.27. The maximum Gasteiger partial charge on any atom is 0.142 e. The van der Waals surface area contributed by atoms with Gasteiger partial charge in [-0.25, -0.2) is 0 Å². The minimum atomic E-state index is 0.891. The first-order valence-corrected chi connectivity index (χ1v) is 7.03. The Balaban J connectivity index is 2.54. The molecule has 0 spiro atoms. The average molecular weight is 290 g/mol. The first-order valence-electron chi connectivity index (χ1n) is 4.84. The van der Waals surface area contributed by atoms with Crippen LogP contribution in [0, 0.1) is 0 Å². The molecule has 1 aromatic rings. The molecule has 1 N–H and O–H groups in total. The zero-order chi connectivity index (χ0) is 11.1. The van der Waals surface area contributed by atoms with Crippen LogP contribution in [0.15, 0.2) is 22.7 Å². The number of anilines is 1. The van der Waals surface area contributed by atoms with Crippen molar-refractivity contribution in [3.05, 3.63) is 22.7 Å². The lowest BCUT2D eigenvalue weighted by molar-refractivity contribution is 0.416. The number of thioether (sulfide) groups is 1. The van der Waals surface area contributed by atoms with Crippen molar-refractivity contribution in [3.63, 3.8) is 0 Å². The highest BCUT2D eigenvalue weighted by molar-refractivity contribution is 9.10. The van der Waals surface area contributed by atoms with Gasteiger partial charge < -0.3 is 10.1 Å². The van der Waals surface area contributed by atoms with E-state index in [1.807, 2.05) is 30.0 Å². The van der Waals surface area contributed by atoms with E-state index in [0.29, 0.717) is 0 Å². The fraction of sp³-hybridized carbons (Fsp3) is 0.455. The molecule has 0 unspecified atom stereocenters. The van der Waals surface area contributed by atoms with Crippen molar-refractivity contribution >= 4 is 33.4 Å². The Morgan fingerprint density at radius 2 is 2.27 bits per heavy atom. The van der Waals surface area contributed by atoms with Gasteiger partial charge in [0.25, 0.3) is 0 Å². The lowest BCUT2D eigenvalue weighted by atomic mass is 10.3. The Labute approximate surface area is 104 Å². The standard InChI is InChI=1S/C11H16BrNOS/c1-14-11-5-4-9(12)8-10(11)13-6-3-7-15-2/h4-5,8,13H,3,6-7H2,1-2H3.